The molecule has 0 bridgehead atoms. The first-order valence-corrected chi connectivity index (χ1v) is 4.37. The molecule has 0 heteroatoms. The molecule has 0 aliphatic carbocycles. The van der Waals surface area contributed by atoms with Gasteiger partial charge >= 0.3 is 0 Å². The number of rotatable bonds is 5. The van der Waals surface area contributed by atoms with Crippen molar-refractivity contribution in [3.05, 3.63) is 6.42 Å². The van der Waals surface area contributed by atoms with E-state index in [0.717, 1.165) is 0 Å². The van der Waals surface area contributed by atoms with Gasteiger partial charge in [0.25, 0.3) is 0 Å². The fraction of sp³-hybridized carbons (Fsp3) is 0.900. The van der Waals surface area contributed by atoms with Crippen molar-refractivity contribution in [2.24, 2.45) is 5.41 Å². The van der Waals surface area contributed by atoms with Crippen molar-refractivity contribution >= 4 is 0 Å². The van der Waals surface area contributed by atoms with Gasteiger partial charge < -0.3 is 0 Å². The third-order valence-corrected chi connectivity index (χ3v) is 2.21. The first-order valence-electron chi connectivity index (χ1n) is 4.37. The average molecular weight is 140 g/mol. The second-order valence-corrected chi connectivity index (χ2v) is 3.31. The molecule has 0 spiro atoms. The van der Waals surface area contributed by atoms with Crippen LogP contribution in [0.5, 0.6) is 0 Å². The van der Waals surface area contributed by atoms with E-state index in [1.807, 2.05) is 0 Å². The smallest absolute Gasteiger partial charge is 0.0143 e. The summed E-state index contributed by atoms with van der Waals surface area (Å²) in [4.78, 5) is 0. The molecule has 0 N–H and O–H groups in total. The minimum atomic E-state index is 0.392. The van der Waals surface area contributed by atoms with Gasteiger partial charge in [-0.1, -0.05) is 40.5 Å². The van der Waals surface area contributed by atoms with E-state index >= 15 is 0 Å². The van der Waals surface area contributed by atoms with Crippen LogP contribution in [-0.2, 0) is 0 Å². The van der Waals surface area contributed by atoms with E-state index in [9.17, 15) is 0 Å². The molecule has 0 aliphatic rings. The average Bonchev–Trinajstić information content (AvgIpc) is 1.89. The molecule has 0 saturated carbocycles. The van der Waals surface area contributed by atoms with Gasteiger partial charge in [-0.15, -0.1) is 0 Å². The lowest BCUT2D eigenvalue weighted by Crippen LogP contribution is -2.14. The molecule has 0 heterocycles. The molecule has 10 heavy (non-hydrogen) atoms. The van der Waals surface area contributed by atoms with Crippen molar-refractivity contribution in [2.75, 3.05) is 0 Å². The highest BCUT2D eigenvalue weighted by Crippen LogP contribution is 2.31. The molecule has 2 radical (unpaired) electrons. The van der Waals surface area contributed by atoms with Crippen LogP contribution < -0.4 is 0 Å². The van der Waals surface area contributed by atoms with Crippen LogP contribution in [0.25, 0.3) is 0 Å². The van der Waals surface area contributed by atoms with E-state index < -0.39 is 0 Å². The van der Waals surface area contributed by atoms with Crippen LogP contribution in [0.15, 0.2) is 0 Å². The lowest BCUT2D eigenvalue weighted by atomic mass is 9.79. The van der Waals surface area contributed by atoms with E-state index in [2.05, 4.69) is 34.1 Å². The normalized spacial score (nSPS) is 12.0. The van der Waals surface area contributed by atoms with Gasteiger partial charge in [-0.2, -0.15) is 0 Å². The predicted molar refractivity (Wildman–Crippen MR) is 46.8 cm³/mol. The second-order valence-electron chi connectivity index (χ2n) is 3.31. The standard InChI is InChI=1S/C10H20/c1-5-8-10(4,7-3)9-6-2/h5-6,8-9H2,1-4H3. The van der Waals surface area contributed by atoms with E-state index in [0.29, 0.717) is 5.41 Å². The van der Waals surface area contributed by atoms with E-state index in [4.69, 9.17) is 0 Å². The molecule has 0 aromatic heterocycles. The largest absolute Gasteiger partial charge is 0.0654 e. The minimum Gasteiger partial charge on any atom is -0.0654 e. The first kappa shape index (κ1) is 10.0. The summed E-state index contributed by atoms with van der Waals surface area (Å²) in [7, 11) is 0. The van der Waals surface area contributed by atoms with Gasteiger partial charge in [-0.05, 0) is 24.7 Å². The Hall–Kier alpha value is 0. The molecule has 0 saturated heterocycles. The summed E-state index contributed by atoms with van der Waals surface area (Å²) >= 11 is 0. The molecule has 0 aliphatic heterocycles. The molecular weight excluding hydrogens is 120 g/mol. The zero-order chi connectivity index (χ0) is 8.04. The Morgan fingerprint density at radius 3 is 1.70 bits per heavy atom. The molecule has 0 nitrogen and oxygen atoms in total. The Balaban J connectivity index is 3.69. The maximum atomic E-state index is 3.38. The number of hydrogen-bond donors (Lipinski definition) is 0. The Morgan fingerprint density at radius 2 is 1.50 bits per heavy atom. The molecule has 0 aromatic carbocycles. The SMILES string of the molecule is C[C]C(C)(CCC)CCC. The molecular formula is C10H20. The fourth-order valence-corrected chi connectivity index (χ4v) is 1.48. The monoisotopic (exact) mass is 140 g/mol. The van der Waals surface area contributed by atoms with Crippen LogP contribution in [0, 0.1) is 11.8 Å². The second kappa shape index (κ2) is 4.76. The molecule has 0 fully saturated rings. The van der Waals surface area contributed by atoms with E-state index in [1.54, 1.807) is 0 Å². The number of hydrogen-bond acceptors (Lipinski definition) is 0. The minimum absolute atomic E-state index is 0.392. The van der Waals surface area contributed by atoms with Gasteiger partial charge in [0, 0.05) is 0 Å². The summed E-state index contributed by atoms with van der Waals surface area (Å²) in [6, 6.07) is 0. The van der Waals surface area contributed by atoms with E-state index in [-0.39, 0.29) is 0 Å². The Kier molecular flexibility index (Phi) is 4.76. The highest BCUT2D eigenvalue weighted by molar-refractivity contribution is 4.84. The van der Waals surface area contributed by atoms with Crippen LogP contribution in [0.3, 0.4) is 0 Å². The fourth-order valence-electron chi connectivity index (χ4n) is 1.48. The van der Waals surface area contributed by atoms with Gasteiger partial charge in [0.2, 0.25) is 0 Å². The van der Waals surface area contributed by atoms with Crippen molar-refractivity contribution in [2.45, 2.75) is 53.4 Å². The van der Waals surface area contributed by atoms with Gasteiger partial charge in [0.1, 0.15) is 0 Å². The molecule has 0 aromatic rings. The zero-order valence-corrected chi connectivity index (χ0v) is 7.83. The van der Waals surface area contributed by atoms with Gasteiger partial charge in [0.05, 0.1) is 0 Å². The predicted octanol–water partition coefficient (Wildman–Crippen LogP) is 3.69. The van der Waals surface area contributed by atoms with Crippen molar-refractivity contribution < 1.29 is 0 Å². The van der Waals surface area contributed by atoms with Gasteiger partial charge in [-0.3, -0.25) is 0 Å². The summed E-state index contributed by atoms with van der Waals surface area (Å²) in [6.07, 6.45) is 8.51. The lowest BCUT2D eigenvalue weighted by Gasteiger charge is -2.26. The molecule has 0 rings (SSSR count). The van der Waals surface area contributed by atoms with Crippen molar-refractivity contribution in [1.29, 1.82) is 0 Å². The first-order chi connectivity index (χ1) is 4.68. The summed E-state index contributed by atoms with van der Waals surface area (Å²) in [5, 5.41) is 0. The van der Waals surface area contributed by atoms with Crippen molar-refractivity contribution in [3.63, 3.8) is 0 Å². The highest BCUT2D eigenvalue weighted by Gasteiger charge is 2.19. The summed E-state index contributed by atoms with van der Waals surface area (Å²) in [5.41, 5.74) is 0.392. The van der Waals surface area contributed by atoms with Crippen molar-refractivity contribution in [1.82, 2.24) is 0 Å². The lowest BCUT2D eigenvalue weighted by molar-refractivity contribution is 0.322. The Labute approximate surface area is 66.0 Å². The third kappa shape index (κ3) is 3.24. The molecule has 0 unspecified atom stereocenters. The molecule has 0 amide bonds. The summed E-state index contributed by atoms with van der Waals surface area (Å²) in [5.74, 6) is 0. The van der Waals surface area contributed by atoms with Crippen LogP contribution >= 0.6 is 0 Å². The highest BCUT2D eigenvalue weighted by atomic mass is 14.2. The van der Waals surface area contributed by atoms with Crippen LogP contribution in [0.2, 0.25) is 0 Å². The van der Waals surface area contributed by atoms with E-state index in [1.165, 1.54) is 25.7 Å². The maximum absolute atomic E-state index is 3.38. The Morgan fingerprint density at radius 1 is 1.10 bits per heavy atom. The summed E-state index contributed by atoms with van der Waals surface area (Å²) < 4.78 is 0. The van der Waals surface area contributed by atoms with Crippen molar-refractivity contribution in [3.8, 4) is 0 Å². The van der Waals surface area contributed by atoms with Gasteiger partial charge in [0.15, 0.2) is 0 Å². The topological polar surface area (TPSA) is 0 Å². The Bertz CT molecular complexity index is 68.1. The van der Waals surface area contributed by atoms with Gasteiger partial charge in [-0.25, -0.2) is 0 Å². The molecule has 60 valence electrons. The van der Waals surface area contributed by atoms with Crippen LogP contribution in [-0.4, -0.2) is 0 Å². The quantitative estimate of drug-likeness (QED) is 0.546. The summed E-state index contributed by atoms with van der Waals surface area (Å²) in [6.45, 7) is 8.85. The van der Waals surface area contributed by atoms with Crippen LogP contribution in [0.4, 0.5) is 0 Å². The third-order valence-electron chi connectivity index (χ3n) is 2.21. The zero-order valence-electron chi connectivity index (χ0n) is 7.83. The van der Waals surface area contributed by atoms with Crippen LogP contribution in [0.1, 0.15) is 53.4 Å². The maximum Gasteiger partial charge on any atom is -0.0143 e. The molecule has 0 atom stereocenters.